The highest BCUT2D eigenvalue weighted by atomic mass is 35.5. The first-order valence-electron chi connectivity index (χ1n) is 9.32. The molecule has 0 saturated heterocycles. The minimum atomic E-state index is -0.712. The highest BCUT2D eigenvalue weighted by Crippen LogP contribution is 2.25. The zero-order valence-electron chi connectivity index (χ0n) is 15.7. The quantitative estimate of drug-likeness (QED) is 0.542. The van der Waals surface area contributed by atoms with Gasteiger partial charge >= 0.3 is 0 Å². The number of nitro benzene ring substituents is 1. The number of nitrogens with one attached hydrogen (secondary N) is 2. The Hall–Kier alpha value is -2.15. The lowest BCUT2D eigenvalue weighted by atomic mass is 9.89. The van der Waals surface area contributed by atoms with Gasteiger partial charge in [-0.3, -0.25) is 19.7 Å². The Bertz CT molecular complexity index is 702. The summed E-state index contributed by atoms with van der Waals surface area (Å²) in [5.41, 5.74) is -0.246. The van der Waals surface area contributed by atoms with Gasteiger partial charge in [0.25, 0.3) is 11.6 Å². The third kappa shape index (κ3) is 5.92. The normalized spacial score (nSPS) is 16.0. The van der Waals surface area contributed by atoms with Crippen LogP contribution in [0, 0.1) is 22.0 Å². The lowest BCUT2D eigenvalue weighted by Crippen LogP contribution is -2.50. The van der Waals surface area contributed by atoms with Gasteiger partial charge in [-0.05, 0) is 36.8 Å². The Morgan fingerprint density at radius 3 is 2.52 bits per heavy atom. The summed E-state index contributed by atoms with van der Waals surface area (Å²) in [4.78, 5) is 35.4. The van der Waals surface area contributed by atoms with Crippen LogP contribution in [0.3, 0.4) is 0 Å². The van der Waals surface area contributed by atoms with Crippen LogP contribution in [-0.2, 0) is 4.79 Å². The molecule has 1 saturated carbocycles. The fourth-order valence-corrected chi connectivity index (χ4v) is 3.49. The summed E-state index contributed by atoms with van der Waals surface area (Å²) in [6, 6.07) is 3.12. The van der Waals surface area contributed by atoms with E-state index in [1.165, 1.54) is 31.4 Å². The predicted octanol–water partition coefficient (Wildman–Crippen LogP) is 3.70. The number of amides is 2. The molecule has 1 atom stereocenters. The second-order valence-corrected chi connectivity index (χ2v) is 7.77. The number of carbonyl (C=O) groups is 2. The molecule has 27 heavy (non-hydrogen) atoms. The molecule has 1 fully saturated rings. The van der Waals surface area contributed by atoms with Gasteiger partial charge in [-0.25, -0.2) is 0 Å². The van der Waals surface area contributed by atoms with Crippen LogP contribution < -0.4 is 10.6 Å². The first-order valence-corrected chi connectivity index (χ1v) is 9.70. The monoisotopic (exact) mass is 395 g/mol. The van der Waals surface area contributed by atoms with Gasteiger partial charge < -0.3 is 10.6 Å². The van der Waals surface area contributed by atoms with E-state index < -0.39 is 16.9 Å². The number of halogens is 1. The molecule has 0 spiro atoms. The molecule has 7 nitrogen and oxygen atoms in total. The number of hydrogen-bond acceptors (Lipinski definition) is 4. The van der Waals surface area contributed by atoms with Crippen molar-refractivity contribution < 1.29 is 14.5 Å². The number of rotatable bonds is 7. The van der Waals surface area contributed by atoms with Gasteiger partial charge in [0, 0.05) is 18.2 Å². The summed E-state index contributed by atoms with van der Waals surface area (Å²) >= 11 is 5.78. The second kappa shape index (κ2) is 9.69. The van der Waals surface area contributed by atoms with Crippen molar-refractivity contribution in [3.8, 4) is 0 Å². The van der Waals surface area contributed by atoms with Crippen molar-refractivity contribution >= 4 is 29.1 Å². The molecule has 1 aromatic rings. The largest absolute Gasteiger partial charge is 0.354 e. The minimum absolute atomic E-state index is 0.0396. The van der Waals surface area contributed by atoms with E-state index in [2.05, 4.69) is 10.6 Å². The van der Waals surface area contributed by atoms with Gasteiger partial charge in [0.2, 0.25) is 5.91 Å². The molecule has 2 rings (SSSR count). The van der Waals surface area contributed by atoms with Crippen molar-refractivity contribution in [1.29, 1.82) is 0 Å². The molecule has 8 heteroatoms. The molecule has 1 unspecified atom stereocenters. The summed E-state index contributed by atoms with van der Waals surface area (Å²) in [5.74, 6) is -0.401. The standard InChI is InChI=1S/C19H26ClN3O4/c1-12(2)17(19(25)21-11-13-6-4-3-5-7-13)22-18(24)14-8-9-15(20)16(10-14)23(26)27/h8-10,12-13,17H,3-7,11H2,1-2H3,(H,21,25)(H,22,24). The van der Waals surface area contributed by atoms with Crippen molar-refractivity contribution in [2.45, 2.75) is 52.0 Å². The van der Waals surface area contributed by atoms with Gasteiger partial charge in [0.15, 0.2) is 0 Å². The first-order chi connectivity index (χ1) is 12.8. The van der Waals surface area contributed by atoms with Crippen molar-refractivity contribution in [3.05, 3.63) is 38.9 Å². The number of nitrogens with zero attached hydrogens (tertiary/aromatic N) is 1. The zero-order valence-corrected chi connectivity index (χ0v) is 16.4. The van der Waals surface area contributed by atoms with E-state index in [-0.39, 0.29) is 28.1 Å². The Morgan fingerprint density at radius 1 is 1.26 bits per heavy atom. The maximum absolute atomic E-state index is 12.6. The van der Waals surface area contributed by atoms with Crippen LogP contribution in [0.2, 0.25) is 5.02 Å². The molecule has 0 bridgehead atoms. The third-order valence-corrected chi connectivity index (χ3v) is 5.25. The predicted molar refractivity (Wildman–Crippen MR) is 104 cm³/mol. The highest BCUT2D eigenvalue weighted by molar-refractivity contribution is 6.32. The maximum atomic E-state index is 12.6. The molecule has 0 radical (unpaired) electrons. The Balaban J connectivity index is 2.02. The fourth-order valence-electron chi connectivity index (χ4n) is 3.30. The molecule has 0 aromatic heterocycles. The van der Waals surface area contributed by atoms with E-state index in [4.69, 9.17) is 11.6 Å². The molecular weight excluding hydrogens is 370 g/mol. The number of hydrogen-bond donors (Lipinski definition) is 2. The van der Waals surface area contributed by atoms with E-state index in [1.807, 2.05) is 13.8 Å². The Kier molecular flexibility index (Phi) is 7.59. The molecule has 2 N–H and O–H groups in total. The first kappa shape index (κ1) is 21.2. The van der Waals surface area contributed by atoms with E-state index in [0.29, 0.717) is 12.5 Å². The Labute approximate surface area is 164 Å². The van der Waals surface area contributed by atoms with Gasteiger partial charge in [-0.15, -0.1) is 0 Å². The van der Waals surface area contributed by atoms with Crippen LogP contribution in [-0.4, -0.2) is 29.3 Å². The molecule has 1 aromatic carbocycles. The second-order valence-electron chi connectivity index (χ2n) is 7.37. The van der Waals surface area contributed by atoms with Gasteiger partial charge in [0.05, 0.1) is 4.92 Å². The maximum Gasteiger partial charge on any atom is 0.288 e. The van der Waals surface area contributed by atoms with Crippen molar-refractivity contribution in [1.82, 2.24) is 10.6 Å². The average molecular weight is 396 g/mol. The molecule has 0 aliphatic heterocycles. The molecular formula is C19H26ClN3O4. The Morgan fingerprint density at radius 2 is 1.93 bits per heavy atom. The van der Waals surface area contributed by atoms with Crippen LogP contribution in [0.4, 0.5) is 5.69 Å². The lowest BCUT2D eigenvalue weighted by Gasteiger charge is -2.25. The average Bonchev–Trinajstić information content (AvgIpc) is 2.64. The van der Waals surface area contributed by atoms with Crippen LogP contribution >= 0.6 is 11.6 Å². The van der Waals surface area contributed by atoms with Crippen LogP contribution in [0.1, 0.15) is 56.3 Å². The minimum Gasteiger partial charge on any atom is -0.354 e. The van der Waals surface area contributed by atoms with Crippen LogP contribution in [0.5, 0.6) is 0 Å². The number of nitro groups is 1. The van der Waals surface area contributed by atoms with Gasteiger partial charge in [-0.1, -0.05) is 44.7 Å². The van der Waals surface area contributed by atoms with E-state index in [0.717, 1.165) is 18.9 Å². The fraction of sp³-hybridized carbons (Fsp3) is 0.579. The molecule has 0 heterocycles. The van der Waals surface area contributed by atoms with E-state index in [9.17, 15) is 19.7 Å². The summed E-state index contributed by atoms with van der Waals surface area (Å²) in [7, 11) is 0. The van der Waals surface area contributed by atoms with E-state index >= 15 is 0 Å². The summed E-state index contributed by atoms with van der Waals surface area (Å²) < 4.78 is 0. The van der Waals surface area contributed by atoms with Crippen molar-refractivity contribution in [2.24, 2.45) is 11.8 Å². The summed E-state index contributed by atoms with van der Waals surface area (Å²) in [6.07, 6.45) is 5.88. The highest BCUT2D eigenvalue weighted by Gasteiger charge is 2.26. The zero-order chi connectivity index (χ0) is 20.0. The van der Waals surface area contributed by atoms with E-state index in [1.54, 1.807) is 0 Å². The third-order valence-electron chi connectivity index (χ3n) is 4.93. The van der Waals surface area contributed by atoms with Gasteiger partial charge in [-0.2, -0.15) is 0 Å². The van der Waals surface area contributed by atoms with Crippen molar-refractivity contribution in [3.63, 3.8) is 0 Å². The molecule has 1 aliphatic carbocycles. The number of carbonyl (C=O) groups excluding carboxylic acids is 2. The van der Waals surface area contributed by atoms with Gasteiger partial charge in [0.1, 0.15) is 11.1 Å². The van der Waals surface area contributed by atoms with Crippen LogP contribution in [0.15, 0.2) is 18.2 Å². The SMILES string of the molecule is CC(C)C(NC(=O)c1ccc(Cl)c([N+](=O)[O-])c1)C(=O)NCC1CCCCC1. The summed E-state index contributed by atoms with van der Waals surface area (Å²) in [6.45, 7) is 4.30. The topological polar surface area (TPSA) is 101 Å². The number of benzene rings is 1. The van der Waals surface area contributed by atoms with Crippen molar-refractivity contribution in [2.75, 3.05) is 6.54 Å². The van der Waals surface area contributed by atoms with Crippen LogP contribution in [0.25, 0.3) is 0 Å². The summed E-state index contributed by atoms with van der Waals surface area (Å²) in [5, 5.41) is 16.6. The smallest absolute Gasteiger partial charge is 0.288 e. The molecule has 2 amide bonds. The molecule has 148 valence electrons. The molecule has 1 aliphatic rings. The lowest BCUT2D eigenvalue weighted by molar-refractivity contribution is -0.384.